The highest BCUT2D eigenvalue weighted by molar-refractivity contribution is 7.10. The fraction of sp³-hybridized carbons (Fsp3) is 0.583. The molecular formula is C12H18N2OS. The Labute approximate surface area is 101 Å². The zero-order valence-corrected chi connectivity index (χ0v) is 10.9. The largest absolute Gasteiger partial charge is 0.303 e. The van der Waals surface area contributed by atoms with E-state index in [0.29, 0.717) is 0 Å². The summed E-state index contributed by atoms with van der Waals surface area (Å²) in [6.07, 6.45) is 0. The van der Waals surface area contributed by atoms with Gasteiger partial charge in [0, 0.05) is 30.1 Å². The zero-order valence-electron chi connectivity index (χ0n) is 10.1. The van der Waals surface area contributed by atoms with Gasteiger partial charge in [0.2, 0.25) is 0 Å². The molecule has 1 saturated heterocycles. The quantitative estimate of drug-likeness (QED) is 0.729. The van der Waals surface area contributed by atoms with E-state index in [0.717, 1.165) is 30.1 Å². The van der Waals surface area contributed by atoms with Gasteiger partial charge in [-0.05, 0) is 32.5 Å². The summed E-state index contributed by atoms with van der Waals surface area (Å²) >= 11 is 1.65. The van der Waals surface area contributed by atoms with Gasteiger partial charge in [0.25, 0.3) is 0 Å². The highest BCUT2D eigenvalue weighted by Gasteiger charge is 2.29. The van der Waals surface area contributed by atoms with Gasteiger partial charge in [-0.3, -0.25) is 9.69 Å². The molecule has 1 aromatic heterocycles. The molecule has 0 aliphatic carbocycles. The topological polar surface area (TPSA) is 23.6 Å². The molecule has 0 N–H and O–H groups in total. The Hall–Kier alpha value is -0.710. The minimum absolute atomic E-state index is 0.0204. The number of nitrogens with zero attached hydrogens (tertiary/aromatic N) is 2. The first-order valence-corrected chi connectivity index (χ1v) is 6.44. The summed E-state index contributed by atoms with van der Waals surface area (Å²) in [5, 5.41) is 2.00. The van der Waals surface area contributed by atoms with Crippen LogP contribution in [-0.4, -0.2) is 55.4 Å². The molecular weight excluding hydrogens is 220 g/mol. The molecule has 88 valence electrons. The van der Waals surface area contributed by atoms with E-state index < -0.39 is 0 Å². The third kappa shape index (κ3) is 2.19. The van der Waals surface area contributed by atoms with Gasteiger partial charge < -0.3 is 4.90 Å². The summed E-state index contributed by atoms with van der Waals surface area (Å²) in [6.45, 7) is 4.87. The fourth-order valence-corrected chi connectivity index (χ4v) is 2.82. The number of ketones is 1. The maximum atomic E-state index is 12.4. The Balaban J connectivity index is 2.18. The summed E-state index contributed by atoms with van der Waals surface area (Å²) in [4.78, 5) is 17.9. The Kier molecular flexibility index (Phi) is 3.42. The second kappa shape index (κ2) is 4.65. The SMILES string of the molecule is Cc1sccc1C(=O)C1CN(C)CCN1C. The summed E-state index contributed by atoms with van der Waals surface area (Å²) in [6, 6.07) is 1.97. The Morgan fingerprint density at radius 3 is 2.81 bits per heavy atom. The third-order valence-electron chi connectivity index (χ3n) is 3.28. The third-order valence-corrected chi connectivity index (χ3v) is 4.12. The number of carbonyl (C=O) groups is 1. The molecule has 0 aromatic carbocycles. The van der Waals surface area contributed by atoms with Gasteiger partial charge in [0.15, 0.2) is 5.78 Å². The molecule has 4 heteroatoms. The van der Waals surface area contributed by atoms with Crippen LogP contribution in [0.3, 0.4) is 0 Å². The van der Waals surface area contributed by atoms with Gasteiger partial charge in [0.1, 0.15) is 0 Å². The van der Waals surface area contributed by atoms with Gasteiger partial charge in [0.05, 0.1) is 6.04 Å². The van der Waals surface area contributed by atoms with Crippen LogP contribution in [0, 0.1) is 6.92 Å². The lowest BCUT2D eigenvalue weighted by atomic mass is 10.0. The van der Waals surface area contributed by atoms with Gasteiger partial charge >= 0.3 is 0 Å². The normalized spacial score (nSPS) is 23.6. The first-order chi connectivity index (χ1) is 7.59. The van der Waals surface area contributed by atoms with Crippen LogP contribution in [0.5, 0.6) is 0 Å². The maximum Gasteiger partial charge on any atom is 0.182 e. The van der Waals surface area contributed by atoms with E-state index in [1.54, 1.807) is 11.3 Å². The minimum atomic E-state index is 0.0204. The van der Waals surface area contributed by atoms with Gasteiger partial charge in [-0.1, -0.05) is 0 Å². The molecule has 1 unspecified atom stereocenters. The summed E-state index contributed by atoms with van der Waals surface area (Å²) in [7, 11) is 4.12. The number of thiophene rings is 1. The fourth-order valence-electron chi connectivity index (χ4n) is 2.11. The van der Waals surface area contributed by atoms with Crippen molar-refractivity contribution in [1.29, 1.82) is 0 Å². The smallest absolute Gasteiger partial charge is 0.182 e. The van der Waals surface area contributed by atoms with E-state index in [2.05, 4.69) is 16.8 Å². The molecule has 2 heterocycles. The Bertz CT molecular complexity index is 388. The van der Waals surface area contributed by atoms with Crippen LogP contribution in [0.2, 0.25) is 0 Å². The second-order valence-corrected chi connectivity index (χ2v) is 5.63. The molecule has 0 radical (unpaired) electrons. The van der Waals surface area contributed by atoms with Crippen molar-refractivity contribution >= 4 is 17.1 Å². The van der Waals surface area contributed by atoms with Crippen molar-refractivity contribution in [2.24, 2.45) is 0 Å². The first-order valence-electron chi connectivity index (χ1n) is 5.56. The van der Waals surface area contributed by atoms with Crippen LogP contribution in [0.15, 0.2) is 11.4 Å². The number of piperazine rings is 1. The Morgan fingerprint density at radius 1 is 1.44 bits per heavy atom. The Morgan fingerprint density at radius 2 is 2.19 bits per heavy atom. The predicted molar refractivity (Wildman–Crippen MR) is 67.3 cm³/mol. The van der Waals surface area contributed by atoms with Crippen LogP contribution in [0.25, 0.3) is 0 Å². The van der Waals surface area contributed by atoms with E-state index in [-0.39, 0.29) is 11.8 Å². The van der Waals surface area contributed by atoms with E-state index in [1.165, 1.54) is 0 Å². The van der Waals surface area contributed by atoms with Crippen molar-refractivity contribution in [2.45, 2.75) is 13.0 Å². The van der Waals surface area contributed by atoms with Crippen LogP contribution < -0.4 is 0 Å². The van der Waals surface area contributed by atoms with Crippen LogP contribution in [0.4, 0.5) is 0 Å². The number of carbonyl (C=O) groups excluding carboxylic acids is 1. The molecule has 1 aliphatic heterocycles. The lowest BCUT2D eigenvalue weighted by Gasteiger charge is -2.36. The van der Waals surface area contributed by atoms with Crippen molar-refractivity contribution < 1.29 is 4.79 Å². The average molecular weight is 238 g/mol. The molecule has 1 aromatic rings. The van der Waals surface area contributed by atoms with Gasteiger partial charge in [-0.25, -0.2) is 0 Å². The number of hydrogen-bond donors (Lipinski definition) is 0. The van der Waals surface area contributed by atoms with Crippen LogP contribution in [-0.2, 0) is 0 Å². The molecule has 0 spiro atoms. The zero-order chi connectivity index (χ0) is 11.7. The van der Waals surface area contributed by atoms with Crippen molar-refractivity contribution in [3.63, 3.8) is 0 Å². The highest BCUT2D eigenvalue weighted by Crippen LogP contribution is 2.19. The van der Waals surface area contributed by atoms with Crippen molar-refractivity contribution in [3.8, 4) is 0 Å². The van der Waals surface area contributed by atoms with E-state index in [9.17, 15) is 4.79 Å². The summed E-state index contributed by atoms with van der Waals surface area (Å²) in [5.41, 5.74) is 0.900. The lowest BCUT2D eigenvalue weighted by molar-refractivity contribution is 0.0686. The highest BCUT2D eigenvalue weighted by atomic mass is 32.1. The molecule has 3 nitrogen and oxygen atoms in total. The van der Waals surface area contributed by atoms with Gasteiger partial charge in [-0.2, -0.15) is 0 Å². The molecule has 1 atom stereocenters. The molecule has 0 saturated carbocycles. The lowest BCUT2D eigenvalue weighted by Crippen LogP contribution is -2.53. The summed E-state index contributed by atoms with van der Waals surface area (Å²) in [5.74, 6) is 0.271. The second-order valence-electron chi connectivity index (χ2n) is 4.51. The van der Waals surface area contributed by atoms with Crippen molar-refractivity contribution in [3.05, 3.63) is 21.9 Å². The maximum absolute atomic E-state index is 12.4. The van der Waals surface area contributed by atoms with Gasteiger partial charge in [-0.15, -0.1) is 11.3 Å². The minimum Gasteiger partial charge on any atom is -0.303 e. The standard InChI is InChI=1S/C12H18N2OS/c1-9-10(4-7-16-9)12(15)11-8-13(2)5-6-14(11)3/h4,7,11H,5-6,8H2,1-3H3. The molecule has 1 aliphatic rings. The summed E-state index contributed by atoms with van der Waals surface area (Å²) < 4.78 is 0. The molecule has 0 amide bonds. The molecule has 1 fully saturated rings. The number of aryl methyl sites for hydroxylation is 1. The average Bonchev–Trinajstić information content (AvgIpc) is 2.67. The monoisotopic (exact) mass is 238 g/mol. The first kappa shape index (κ1) is 11.8. The molecule has 16 heavy (non-hydrogen) atoms. The van der Waals surface area contributed by atoms with E-state index in [4.69, 9.17) is 0 Å². The number of rotatable bonds is 2. The number of Topliss-reactive ketones (excluding diaryl/α,β-unsaturated/α-hetero) is 1. The number of hydrogen-bond acceptors (Lipinski definition) is 4. The van der Waals surface area contributed by atoms with E-state index in [1.807, 2.05) is 25.4 Å². The van der Waals surface area contributed by atoms with Crippen LogP contribution in [0.1, 0.15) is 15.2 Å². The molecule has 2 rings (SSSR count). The van der Waals surface area contributed by atoms with Crippen molar-refractivity contribution in [2.75, 3.05) is 33.7 Å². The van der Waals surface area contributed by atoms with Crippen LogP contribution >= 0.6 is 11.3 Å². The predicted octanol–water partition coefficient (Wildman–Crippen LogP) is 1.49. The number of likely N-dealkylation sites (N-methyl/N-ethyl adjacent to an activating group) is 2. The van der Waals surface area contributed by atoms with E-state index >= 15 is 0 Å². The molecule has 0 bridgehead atoms. The van der Waals surface area contributed by atoms with Crippen molar-refractivity contribution in [1.82, 2.24) is 9.80 Å².